The highest BCUT2D eigenvalue weighted by atomic mass is 32.1. The van der Waals surface area contributed by atoms with Crippen molar-refractivity contribution < 1.29 is 0 Å². The van der Waals surface area contributed by atoms with Crippen molar-refractivity contribution in [1.82, 2.24) is 0 Å². The maximum Gasteiger partial charge on any atom is 0.0568 e. The Kier molecular flexibility index (Phi) is 2.57. The minimum absolute atomic E-state index is 0.594. The van der Waals surface area contributed by atoms with Crippen molar-refractivity contribution in [2.24, 2.45) is 0 Å². The summed E-state index contributed by atoms with van der Waals surface area (Å²) in [5.41, 5.74) is 14.7. The van der Waals surface area contributed by atoms with Gasteiger partial charge in [0.2, 0.25) is 0 Å². The Hall–Kier alpha value is -2.20. The zero-order valence-electron chi connectivity index (χ0n) is 9.68. The Morgan fingerprint density at radius 1 is 0.833 bits per heavy atom. The molecule has 5 N–H and O–H groups in total. The van der Waals surface area contributed by atoms with E-state index in [1.165, 1.54) is 10.1 Å². The van der Waals surface area contributed by atoms with Crippen LogP contribution in [0.3, 0.4) is 0 Å². The molecule has 0 fully saturated rings. The summed E-state index contributed by atoms with van der Waals surface area (Å²) in [6.45, 7) is 0. The predicted octanol–water partition coefficient (Wildman–Crippen LogP) is 3.81. The molecule has 0 aliphatic heterocycles. The van der Waals surface area contributed by atoms with Gasteiger partial charge < -0.3 is 16.8 Å². The molecule has 0 aliphatic carbocycles. The van der Waals surface area contributed by atoms with E-state index in [4.69, 9.17) is 11.5 Å². The van der Waals surface area contributed by atoms with Crippen molar-refractivity contribution in [2.45, 2.75) is 0 Å². The van der Waals surface area contributed by atoms with E-state index in [1.807, 2.05) is 12.1 Å². The Balaban J connectivity index is 1.92. The highest BCUT2D eigenvalue weighted by Crippen LogP contribution is 2.27. The summed E-state index contributed by atoms with van der Waals surface area (Å²) in [6, 6.07) is 14.0. The summed E-state index contributed by atoms with van der Waals surface area (Å²) >= 11 is 1.74. The van der Waals surface area contributed by atoms with Crippen molar-refractivity contribution >= 4 is 44.2 Å². The standard InChI is InChI=1S/C14H13N3S/c15-12-3-1-11(8-13(12)16)17-10-2-4-14-9(7-10)5-6-18-14/h1-8,17H,15-16H2. The van der Waals surface area contributed by atoms with Gasteiger partial charge in [-0.25, -0.2) is 0 Å². The molecule has 3 rings (SSSR count). The van der Waals surface area contributed by atoms with E-state index < -0.39 is 0 Å². The number of rotatable bonds is 2. The number of benzene rings is 2. The normalized spacial score (nSPS) is 10.7. The van der Waals surface area contributed by atoms with Crippen LogP contribution in [0.5, 0.6) is 0 Å². The molecule has 90 valence electrons. The fourth-order valence-electron chi connectivity index (χ4n) is 1.86. The molecule has 0 spiro atoms. The van der Waals surface area contributed by atoms with Crippen LogP contribution >= 0.6 is 11.3 Å². The third kappa shape index (κ3) is 1.98. The minimum Gasteiger partial charge on any atom is -0.397 e. The van der Waals surface area contributed by atoms with Gasteiger partial charge in [0.1, 0.15) is 0 Å². The number of nitrogens with one attached hydrogen (secondary N) is 1. The van der Waals surface area contributed by atoms with Crippen molar-refractivity contribution in [2.75, 3.05) is 16.8 Å². The van der Waals surface area contributed by atoms with Gasteiger partial charge in [-0.05, 0) is 53.2 Å². The Bertz CT molecular complexity index is 703. The summed E-state index contributed by atoms with van der Waals surface area (Å²) in [5, 5.41) is 6.66. The number of anilines is 4. The lowest BCUT2D eigenvalue weighted by Gasteiger charge is -2.08. The molecular formula is C14H13N3S. The van der Waals surface area contributed by atoms with E-state index in [-0.39, 0.29) is 0 Å². The second kappa shape index (κ2) is 4.23. The zero-order chi connectivity index (χ0) is 12.5. The summed E-state index contributed by atoms with van der Waals surface area (Å²) in [6.07, 6.45) is 0. The number of hydrogen-bond donors (Lipinski definition) is 3. The third-order valence-corrected chi connectivity index (χ3v) is 3.73. The molecular weight excluding hydrogens is 242 g/mol. The summed E-state index contributed by atoms with van der Waals surface area (Å²) in [7, 11) is 0. The van der Waals surface area contributed by atoms with Gasteiger partial charge in [0.15, 0.2) is 0 Å². The first-order chi connectivity index (χ1) is 8.72. The summed E-state index contributed by atoms with van der Waals surface area (Å²) in [4.78, 5) is 0. The van der Waals surface area contributed by atoms with E-state index in [2.05, 4.69) is 35.0 Å². The topological polar surface area (TPSA) is 64.1 Å². The van der Waals surface area contributed by atoms with E-state index >= 15 is 0 Å². The van der Waals surface area contributed by atoms with Gasteiger partial charge in [-0.15, -0.1) is 11.3 Å². The van der Waals surface area contributed by atoms with Gasteiger partial charge in [0, 0.05) is 16.1 Å². The molecule has 1 heterocycles. The van der Waals surface area contributed by atoms with Crippen LogP contribution in [0.4, 0.5) is 22.7 Å². The fourth-order valence-corrected chi connectivity index (χ4v) is 2.63. The molecule has 0 atom stereocenters. The van der Waals surface area contributed by atoms with Crippen LogP contribution in [0.2, 0.25) is 0 Å². The third-order valence-electron chi connectivity index (χ3n) is 2.83. The Morgan fingerprint density at radius 2 is 1.61 bits per heavy atom. The summed E-state index contributed by atoms with van der Waals surface area (Å²) in [5.74, 6) is 0. The number of fused-ring (bicyclic) bond motifs is 1. The van der Waals surface area contributed by atoms with Crippen LogP contribution in [0.1, 0.15) is 0 Å². The lowest BCUT2D eigenvalue weighted by Crippen LogP contribution is -1.96. The molecule has 0 amide bonds. The second-order valence-electron chi connectivity index (χ2n) is 4.14. The van der Waals surface area contributed by atoms with E-state index in [0.717, 1.165) is 11.4 Å². The largest absolute Gasteiger partial charge is 0.397 e. The monoisotopic (exact) mass is 255 g/mol. The molecule has 0 aliphatic rings. The van der Waals surface area contributed by atoms with Crippen LogP contribution in [0.15, 0.2) is 47.8 Å². The first-order valence-corrected chi connectivity index (χ1v) is 6.49. The quantitative estimate of drug-likeness (QED) is 0.610. The Labute approximate surface area is 109 Å². The first-order valence-electron chi connectivity index (χ1n) is 5.62. The lowest BCUT2D eigenvalue weighted by molar-refractivity contribution is 1.57. The molecule has 18 heavy (non-hydrogen) atoms. The van der Waals surface area contributed by atoms with Gasteiger partial charge >= 0.3 is 0 Å². The number of nitrogens with two attached hydrogens (primary N) is 2. The highest BCUT2D eigenvalue weighted by molar-refractivity contribution is 7.17. The van der Waals surface area contributed by atoms with Crippen LogP contribution in [0, 0.1) is 0 Å². The Morgan fingerprint density at radius 3 is 2.44 bits per heavy atom. The summed E-state index contributed by atoms with van der Waals surface area (Å²) < 4.78 is 1.29. The van der Waals surface area contributed by atoms with Crippen molar-refractivity contribution in [3.8, 4) is 0 Å². The molecule has 0 bridgehead atoms. The highest BCUT2D eigenvalue weighted by Gasteiger charge is 2.00. The van der Waals surface area contributed by atoms with Crippen LogP contribution in [0.25, 0.3) is 10.1 Å². The van der Waals surface area contributed by atoms with Crippen molar-refractivity contribution in [1.29, 1.82) is 0 Å². The van der Waals surface area contributed by atoms with Crippen LogP contribution < -0.4 is 16.8 Å². The van der Waals surface area contributed by atoms with Gasteiger partial charge in [0.05, 0.1) is 11.4 Å². The average molecular weight is 255 g/mol. The SMILES string of the molecule is Nc1ccc(Nc2ccc3sccc3c2)cc1N. The van der Waals surface area contributed by atoms with Crippen molar-refractivity contribution in [3.05, 3.63) is 47.8 Å². The molecule has 2 aromatic carbocycles. The van der Waals surface area contributed by atoms with Crippen LogP contribution in [-0.4, -0.2) is 0 Å². The fraction of sp³-hybridized carbons (Fsp3) is 0. The molecule has 3 aromatic rings. The molecule has 3 nitrogen and oxygen atoms in total. The van der Waals surface area contributed by atoms with E-state index in [1.54, 1.807) is 17.4 Å². The van der Waals surface area contributed by atoms with Crippen molar-refractivity contribution in [3.63, 3.8) is 0 Å². The maximum atomic E-state index is 5.78. The lowest BCUT2D eigenvalue weighted by atomic mass is 10.2. The van der Waals surface area contributed by atoms with E-state index in [0.29, 0.717) is 11.4 Å². The minimum atomic E-state index is 0.594. The van der Waals surface area contributed by atoms with Gasteiger partial charge in [-0.3, -0.25) is 0 Å². The molecule has 0 unspecified atom stereocenters. The smallest absolute Gasteiger partial charge is 0.0568 e. The van der Waals surface area contributed by atoms with Gasteiger partial charge in [-0.1, -0.05) is 0 Å². The molecule has 0 saturated heterocycles. The second-order valence-corrected chi connectivity index (χ2v) is 5.09. The molecule has 0 radical (unpaired) electrons. The zero-order valence-corrected chi connectivity index (χ0v) is 10.5. The van der Waals surface area contributed by atoms with E-state index in [9.17, 15) is 0 Å². The maximum absolute atomic E-state index is 5.78. The number of nitrogen functional groups attached to an aromatic ring is 2. The van der Waals surface area contributed by atoms with Gasteiger partial charge in [0.25, 0.3) is 0 Å². The predicted molar refractivity (Wildman–Crippen MR) is 80.4 cm³/mol. The first kappa shape index (κ1) is 10.9. The molecule has 4 heteroatoms. The van der Waals surface area contributed by atoms with Gasteiger partial charge in [-0.2, -0.15) is 0 Å². The number of hydrogen-bond acceptors (Lipinski definition) is 4. The molecule has 0 saturated carbocycles. The molecule has 1 aromatic heterocycles. The van der Waals surface area contributed by atoms with Crippen LogP contribution in [-0.2, 0) is 0 Å². The average Bonchev–Trinajstić information content (AvgIpc) is 2.81. The number of thiophene rings is 1.